The van der Waals surface area contributed by atoms with Gasteiger partial charge in [-0.05, 0) is 0 Å². The Balaban J connectivity index is 2.54. The summed E-state index contributed by atoms with van der Waals surface area (Å²) in [6, 6.07) is 0. The lowest BCUT2D eigenvalue weighted by Crippen LogP contribution is -2.03. The van der Waals surface area contributed by atoms with Crippen molar-refractivity contribution in [2.24, 2.45) is 0 Å². The summed E-state index contributed by atoms with van der Waals surface area (Å²) in [6.45, 7) is 0. The SMILES string of the molecule is OC(O)CBr. The van der Waals surface area contributed by atoms with Gasteiger partial charge in [0.1, 0.15) is 0 Å². The van der Waals surface area contributed by atoms with Crippen LogP contribution in [0.5, 0.6) is 0 Å². The number of aliphatic hydroxyl groups excluding tert-OH is 1. The maximum Gasteiger partial charge on any atom is 0.161 e. The van der Waals surface area contributed by atoms with E-state index in [1.54, 1.807) is 0 Å². The lowest BCUT2D eigenvalue weighted by molar-refractivity contribution is -0.0176. The average Bonchev–Trinajstić information content (AvgIpc) is 1.38. The summed E-state index contributed by atoms with van der Waals surface area (Å²) in [5.74, 6) is 0. The highest BCUT2D eigenvalue weighted by Gasteiger charge is 1.85. The number of halogens is 1. The monoisotopic (exact) mass is 140 g/mol. The van der Waals surface area contributed by atoms with E-state index in [-0.39, 0.29) is 5.33 Å². The van der Waals surface area contributed by atoms with Gasteiger partial charge in [0.05, 0.1) is 5.33 Å². The second-order valence-electron chi connectivity index (χ2n) is 0.635. The van der Waals surface area contributed by atoms with Crippen molar-refractivity contribution in [3.05, 3.63) is 0 Å². The minimum atomic E-state index is -1.20. The van der Waals surface area contributed by atoms with E-state index in [0.717, 1.165) is 0 Å². The van der Waals surface area contributed by atoms with Gasteiger partial charge < -0.3 is 10.2 Å². The maximum absolute atomic E-state index is 7.87. The van der Waals surface area contributed by atoms with E-state index in [4.69, 9.17) is 10.2 Å². The van der Waals surface area contributed by atoms with Crippen molar-refractivity contribution >= 4 is 15.9 Å². The molecule has 0 aliphatic rings. The molecule has 0 rings (SSSR count). The quantitative estimate of drug-likeness (QED) is 0.388. The zero-order chi connectivity index (χ0) is 4.28. The van der Waals surface area contributed by atoms with E-state index < -0.39 is 6.29 Å². The summed E-state index contributed by atoms with van der Waals surface area (Å²) in [4.78, 5) is 0. The molecule has 0 aliphatic heterocycles. The maximum atomic E-state index is 7.87. The summed E-state index contributed by atoms with van der Waals surface area (Å²) in [7, 11) is 0. The van der Waals surface area contributed by atoms with Crippen molar-refractivity contribution in [1.82, 2.24) is 0 Å². The lowest BCUT2D eigenvalue weighted by Gasteiger charge is -1.88. The minimum absolute atomic E-state index is 0.229. The van der Waals surface area contributed by atoms with E-state index >= 15 is 0 Å². The third kappa shape index (κ3) is 4.40. The predicted molar refractivity (Wildman–Crippen MR) is 22.0 cm³/mol. The van der Waals surface area contributed by atoms with E-state index in [0.29, 0.717) is 0 Å². The summed E-state index contributed by atoms with van der Waals surface area (Å²) < 4.78 is 0. The van der Waals surface area contributed by atoms with E-state index in [1.165, 1.54) is 0 Å². The van der Waals surface area contributed by atoms with E-state index in [9.17, 15) is 0 Å². The molecule has 0 radical (unpaired) electrons. The standard InChI is InChI=1S/C2H5BrO2/c3-1-2(4)5/h2,4-5H,1H2. The topological polar surface area (TPSA) is 40.5 Å². The molecule has 2 N–H and O–H groups in total. The van der Waals surface area contributed by atoms with Crippen LogP contribution in [0.3, 0.4) is 0 Å². The van der Waals surface area contributed by atoms with Crippen molar-refractivity contribution in [1.29, 1.82) is 0 Å². The van der Waals surface area contributed by atoms with Gasteiger partial charge in [-0.3, -0.25) is 0 Å². The fourth-order valence-corrected chi connectivity index (χ4v) is 0. The molecule has 0 saturated heterocycles. The van der Waals surface area contributed by atoms with Crippen LogP contribution in [-0.2, 0) is 0 Å². The number of hydrogen-bond donors (Lipinski definition) is 2. The number of aliphatic hydroxyl groups is 2. The van der Waals surface area contributed by atoms with Gasteiger partial charge >= 0.3 is 0 Å². The third-order valence-corrected chi connectivity index (χ3v) is 0.717. The Bertz CT molecular complexity index is 21.6. The summed E-state index contributed by atoms with van der Waals surface area (Å²) in [5, 5.41) is 16.0. The van der Waals surface area contributed by atoms with Crippen LogP contribution in [0, 0.1) is 0 Å². The number of rotatable bonds is 1. The van der Waals surface area contributed by atoms with Gasteiger partial charge in [0.2, 0.25) is 0 Å². The molecule has 2 nitrogen and oxygen atoms in total. The third-order valence-electron chi connectivity index (χ3n) is 0.138. The van der Waals surface area contributed by atoms with Crippen LogP contribution < -0.4 is 0 Å². The summed E-state index contributed by atoms with van der Waals surface area (Å²) >= 11 is 2.81. The second-order valence-corrected chi connectivity index (χ2v) is 1.28. The predicted octanol–water partition coefficient (Wildman–Crippen LogP) is -0.308. The van der Waals surface area contributed by atoms with Crippen LogP contribution in [0.4, 0.5) is 0 Å². The molecule has 0 unspecified atom stereocenters. The Hall–Kier alpha value is 0.400. The molecular weight excluding hydrogens is 136 g/mol. The Labute approximate surface area is 38.6 Å². The fraction of sp³-hybridized carbons (Fsp3) is 1.00. The molecule has 0 amide bonds. The van der Waals surface area contributed by atoms with Crippen molar-refractivity contribution in [3.63, 3.8) is 0 Å². The van der Waals surface area contributed by atoms with Crippen LogP contribution in [0.2, 0.25) is 0 Å². The van der Waals surface area contributed by atoms with Crippen LogP contribution >= 0.6 is 15.9 Å². The molecular formula is C2H5BrO2. The minimum Gasteiger partial charge on any atom is -0.367 e. The van der Waals surface area contributed by atoms with Gasteiger partial charge in [-0.2, -0.15) is 0 Å². The fourth-order valence-electron chi connectivity index (χ4n) is 0. The van der Waals surface area contributed by atoms with E-state index in [1.807, 2.05) is 0 Å². The molecule has 0 bridgehead atoms. The Kier molecular flexibility index (Phi) is 2.84. The van der Waals surface area contributed by atoms with Gasteiger partial charge in [-0.25, -0.2) is 0 Å². The van der Waals surface area contributed by atoms with Crippen LogP contribution in [0.25, 0.3) is 0 Å². The van der Waals surface area contributed by atoms with Crippen LogP contribution in [0.1, 0.15) is 0 Å². The molecule has 32 valence electrons. The van der Waals surface area contributed by atoms with Crippen molar-refractivity contribution in [2.75, 3.05) is 5.33 Å². The van der Waals surface area contributed by atoms with Crippen molar-refractivity contribution in [2.45, 2.75) is 6.29 Å². The van der Waals surface area contributed by atoms with Gasteiger partial charge in [-0.15, -0.1) is 0 Å². The zero-order valence-corrected chi connectivity index (χ0v) is 4.14. The largest absolute Gasteiger partial charge is 0.367 e. The normalized spacial score (nSPS) is 9.60. The van der Waals surface area contributed by atoms with Gasteiger partial charge in [-0.1, -0.05) is 15.9 Å². The highest BCUT2D eigenvalue weighted by molar-refractivity contribution is 9.09. The van der Waals surface area contributed by atoms with Crippen LogP contribution in [-0.4, -0.2) is 21.8 Å². The zero-order valence-electron chi connectivity index (χ0n) is 2.56. The smallest absolute Gasteiger partial charge is 0.161 e. The molecule has 5 heavy (non-hydrogen) atoms. The van der Waals surface area contributed by atoms with E-state index in [2.05, 4.69) is 15.9 Å². The molecule has 0 fully saturated rings. The first-order chi connectivity index (χ1) is 2.27. The average molecular weight is 141 g/mol. The first-order valence-corrected chi connectivity index (χ1v) is 2.31. The molecule has 0 aliphatic carbocycles. The Morgan fingerprint density at radius 3 is 1.80 bits per heavy atom. The Morgan fingerprint density at radius 1 is 1.60 bits per heavy atom. The van der Waals surface area contributed by atoms with Gasteiger partial charge in [0.15, 0.2) is 6.29 Å². The van der Waals surface area contributed by atoms with Crippen molar-refractivity contribution in [3.8, 4) is 0 Å². The Morgan fingerprint density at radius 2 is 1.80 bits per heavy atom. The molecule has 3 heteroatoms. The van der Waals surface area contributed by atoms with Crippen LogP contribution in [0.15, 0.2) is 0 Å². The molecule has 0 heterocycles. The lowest BCUT2D eigenvalue weighted by atomic mass is 10.8. The van der Waals surface area contributed by atoms with Gasteiger partial charge in [0.25, 0.3) is 0 Å². The first-order valence-electron chi connectivity index (χ1n) is 1.19. The second kappa shape index (κ2) is 2.63. The first kappa shape index (κ1) is 5.40. The molecule has 0 spiro atoms. The molecule has 0 aromatic heterocycles. The summed E-state index contributed by atoms with van der Waals surface area (Å²) in [5.41, 5.74) is 0. The highest BCUT2D eigenvalue weighted by Crippen LogP contribution is 1.80. The highest BCUT2D eigenvalue weighted by atomic mass is 79.9. The van der Waals surface area contributed by atoms with Crippen molar-refractivity contribution < 1.29 is 10.2 Å². The molecule has 0 atom stereocenters. The molecule has 0 aromatic carbocycles. The molecule has 0 aromatic rings. The van der Waals surface area contributed by atoms with Gasteiger partial charge in [0, 0.05) is 0 Å². The molecule has 0 saturated carbocycles. The number of hydrogen-bond acceptors (Lipinski definition) is 2. The number of alkyl halides is 1. The summed E-state index contributed by atoms with van der Waals surface area (Å²) in [6.07, 6.45) is -1.20.